The Morgan fingerprint density at radius 3 is 2.62 bits per heavy atom. The van der Waals surface area contributed by atoms with Crippen LogP contribution in [0.2, 0.25) is 0 Å². The SMILES string of the molecule is CCCOC(=O)CC1C2(C)CC34OOC56C7CC(=O)OC5(OC6(CCC7(C)C(=O)c5ccoc5)C13C)C4(O)C2O. The molecule has 40 heavy (non-hydrogen) atoms. The summed E-state index contributed by atoms with van der Waals surface area (Å²) in [6, 6.07) is 1.58. The van der Waals surface area contributed by atoms with Crippen LogP contribution in [0.1, 0.15) is 76.6 Å². The predicted octanol–water partition coefficient (Wildman–Crippen LogP) is 2.23. The van der Waals surface area contributed by atoms with Crippen LogP contribution in [0.4, 0.5) is 0 Å². The van der Waals surface area contributed by atoms with Crippen LogP contribution in [0.25, 0.3) is 0 Å². The van der Waals surface area contributed by atoms with Crippen molar-refractivity contribution in [1.29, 1.82) is 0 Å². The van der Waals surface area contributed by atoms with E-state index in [0.29, 0.717) is 24.8 Å². The topological polar surface area (TPSA) is 151 Å². The Hall–Kier alpha value is -2.31. The molecule has 216 valence electrons. The zero-order valence-electron chi connectivity index (χ0n) is 23.0. The van der Waals surface area contributed by atoms with E-state index >= 15 is 0 Å². The minimum Gasteiger partial charge on any atom is -0.472 e. The highest BCUT2D eigenvalue weighted by molar-refractivity contribution is 6.01. The number of carbonyl (C=O) groups is 3. The second kappa shape index (κ2) is 6.83. The normalized spacial score (nSPS) is 55.9. The van der Waals surface area contributed by atoms with Crippen molar-refractivity contribution in [3.05, 3.63) is 24.2 Å². The fraction of sp³-hybridized carbons (Fsp3) is 0.759. The average Bonchev–Trinajstić information content (AvgIpc) is 3.56. The highest BCUT2D eigenvalue weighted by atomic mass is 17.2. The molecule has 2 spiro atoms. The van der Waals surface area contributed by atoms with Gasteiger partial charge in [0.25, 0.3) is 5.79 Å². The molecule has 8 aliphatic rings. The molecule has 4 aliphatic carbocycles. The standard InChI is InChI=1S/C29H34O11/c1-5-9-36-18(30)11-16-23(3)14-26-24(16,4)25-8-7-22(2,20(32)15-6-10-35-13-15)17-12-19(31)37-29(38-25,27(26,34)21(23)33)28(17,25)40-39-26/h6,10,13,16-17,21,33-34H,5,7-9,11-12,14H2,1-4H3. The Labute approximate surface area is 230 Å². The lowest BCUT2D eigenvalue weighted by Crippen LogP contribution is -3.10. The van der Waals surface area contributed by atoms with E-state index in [-0.39, 0.29) is 31.7 Å². The molecule has 4 saturated heterocycles. The Morgan fingerprint density at radius 2 is 1.93 bits per heavy atom. The minimum atomic E-state index is -2.21. The van der Waals surface area contributed by atoms with Gasteiger partial charge < -0.3 is 28.8 Å². The number of aliphatic hydroxyl groups is 2. The summed E-state index contributed by atoms with van der Waals surface area (Å²) >= 11 is 0. The first kappa shape index (κ1) is 25.4. The molecule has 1 aromatic rings. The zero-order valence-corrected chi connectivity index (χ0v) is 23.0. The third-order valence-corrected chi connectivity index (χ3v) is 12.7. The molecule has 1 aromatic heterocycles. The number of ether oxygens (including phenoxy) is 3. The number of aliphatic hydroxyl groups excluding tert-OH is 1. The van der Waals surface area contributed by atoms with Crippen LogP contribution in [0, 0.1) is 28.1 Å². The number of rotatable bonds is 6. The number of esters is 2. The maximum atomic E-state index is 14.0. The summed E-state index contributed by atoms with van der Waals surface area (Å²) in [5.41, 5.74) is -9.36. The van der Waals surface area contributed by atoms with Gasteiger partial charge in [0.2, 0.25) is 5.60 Å². The molecule has 9 rings (SSSR count). The lowest BCUT2D eigenvalue weighted by Gasteiger charge is -2.90. The van der Waals surface area contributed by atoms with Gasteiger partial charge in [-0.3, -0.25) is 14.4 Å². The van der Waals surface area contributed by atoms with Gasteiger partial charge in [0.1, 0.15) is 11.9 Å². The molecule has 5 heterocycles. The van der Waals surface area contributed by atoms with Crippen molar-refractivity contribution >= 4 is 17.7 Å². The first-order valence-corrected chi connectivity index (χ1v) is 14.2. The van der Waals surface area contributed by atoms with E-state index in [1.54, 1.807) is 13.0 Å². The molecule has 0 radical (unpaired) electrons. The van der Waals surface area contributed by atoms with Gasteiger partial charge in [-0.05, 0) is 37.7 Å². The van der Waals surface area contributed by atoms with Crippen molar-refractivity contribution in [2.75, 3.05) is 6.61 Å². The second-order valence-electron chi connectivity index (χ2n) is 13.8. The summed E-state index contributed by atoms with van der Waals surface area (Å²) in [5, 5.41) is 24.8. The zero-order chi connectivity index (χ0) is 28.4. The summed E-state index contributed by atoms with van der Waals surface area (Å²) < 4.78 is 23.4. The highest BCUT2D eigenvalue weighted by Gasteiger charge is 3.12. The van der Waals surface area contributed by atoms with Gasteiger partial charge in [0, 0.05) is 28.6 Å². The van der Waals surface area contributed by atoms with Crippen molar-refractivity contribution in [2.24, 2.45) is 28.1 Å². The van der Waals surface area contributed by atoms with E-state index in [4.69, 9.17) is 28.4 Å². The molecule has 11 heteroatoms. The molecular formula is C29H34O11. The summed E-state index contributed by atoms with van der Waals surface area (Å²) in [6.45, 7) is 7.75. The first-order valence-electron chi connectivity index (χ1n) is 14.2. The fourth-order valence-electron chi connectivity index (χ4n) is 11.2. The predicted molar refractivity (Wildman–Crippen MR) is 130 cm³/mol. The van der Waals surface area contributed by atoms with Crippen LogP contribution in [0.5, 0.6) is 0 Å². The Kier molecular flexibility index (Phi) is 4.34. The number of Topliss-reactive ketones (excluding diaryl/α,β-unsaturated/α-hetero) is 1. The largest absolute Gasteiger partial charge is 0.472 e. The van der Waals surface area contributed by atoms with E-state index in [9.17, 15) is 24.6 Å². The molecule has 11 atom stereocenters. The maximum absolute atomic E-state index is 14.0. The van der Waals surface area contributed by atoms with E-state index in [1.807, 2.05) is 20.8 Å². The van der Waals surface area contributed by atoms with E-state index in [1.165, 1.54) is 12.5 Å². The smallest absolute Gasteiger partial charge is 0.308 e. The van der Waals surface area contributed by atoms with Gasteiger partial charge in [-0.25, -0.2) is 9.78 Å². The molecular weight excluding hydrogens is 524 g/mol. The maximum Gasteiger partial charge on any atom is 0.308 e. The molecule has 4 aliphatic heterocycles. The number of hydrogen-bond acceptors (Lipinski definition) is 11. The molecule has 4 saturated carbocycles. The van der Waals surface area contributed by atoms with Crippen LogP contribution in [0.15, 0.2) is 23.0 Å². The molecule has 11 nitrogen and oxygen atoms in total. The van der Waals surface area contributed by atoms with E-state index in [2.05, 4.69) is 0 Å². The van der Waals surface area contributed by atoms with Crippen molar-refractivity contribution in [1.82, 2.24) is 0 Å². The third-order valence-electron chi connectivity index (χ3n) is 12.7. The molecule has 11 unspecified atom stereocenters. The molecule has 2 N–H and O–H groups in total. The summed E-state index contributed by atoms with van der Waals surface area (Å²) in [5.74, 6) is -4.71. The fourth-order valence-corrected chi connectivity index (χ4v) is 11.2. The Balaban J connectivity index is 1.35. The van der Waals surface area contributed by atoms with Crippen molar-refractivity contribution in [2.45, 2.75) is 101 Å². The molecule has 5 bridgehead atoms. The number of hydrogen-bond donors (Lipinski definition) is 2. The average molecular weight is 559 g/mol. The van der Waals surface area contributed by atoms with Gasteiger partial charge in [-0.15, -0.1) is 0 Å². The van der Waals surface area contributed by atoms with Gasteiger partial charge in [-0.2, -0.15) is 0 Å². The molecule has 8 fully saturated rings. The van der Waals surface area contributed by atoms with E-state index < -0.39 is 74.3 Å². The number of fused-ring (bicyclic) bond motifs is 2. The quantitative estimate of drug-likeness (QED) is 0.300. The van der Waals surface area contributed by atoms with Crippen molar-refractivity contribution in [3.8, 4) is 0 Å². The van der Waals surface area contributed by atoms with Crippen LogP contribution < -0.4 is 0 Å². The lowest BCUT2D eigenvalue weighted by atomic mass is 9.29. The molecule has 0 amide bonds. The van der Waals surface area contributed by atoms with Crippen LogP contribution in [-0.2, 0) is 33.6 Å². The minimum absolute atomic E-state index is 0.0187. The van der Waals surface area contributed by atoms with Crippen LogP contribution in [0.3, 0.4) is 0 Å². The highest BCUT2D eigenvalue weighted by Crippen LogP contribution is 2.93. The number of furan rings is 1. The second-order valence-corrected chi connectivity index (χ2v) is 13.8. The lowest BCUT2D eigenvalue weighted by molar-refractivity contribution is -0.722. The van der Waals surface area contributed by atoms with Gasteiger partial charge in [-0.1, -0.05) is 27.7 Å². The molecule has 0 aromatic carbocycles. The van der Waals surface area contributed by atoms with Gasteiger partial charge in [0.05, 0.1) is 31.0 Å². The Morgan fingerprint density at radius 1 is 1.15 bits per heavy atom. The number of carbonyl (C=O) groups excluding carboxylic acids is 3. The monoisotopic (exact) mass is 558 g/mol. The third kappa shape index (κ3) is 1.97. The summed E-state index contributed by atoms with van der Waals surface area (Å²) in [6.07, 6.45) is 2.63. The van der Waals surface area contributed by atoms with Crippen molar-refractivity contribution < 1.29 is 53.0 Å². The van der Waals surface area contributed by atoms with E-state index in [0.717, 1.165) is 0 Å². The Bertz CT molecular complexity index is 1380. The van der Waals surface area contributed by atoms with Gasteiger partial charge in [0.15, 0.2) is 17.0 Å². The van der Waals surface area contributed by atoms with Crippen LogP contribution in [-0.4, -0.2) is 68.8 Å². The summed E-state index contributed by atoms with van der Waals surface area (Å²) in [4.78, 5) is 53.1. The number of ketones is 1. The van der Waals surface area contributed by atoms with Crippen LogP contribution >= 0.6 is 0 Å². The van der Waals surface area contributed by atoms with Crippen molar-refractivity contribution in [3.63, 3.8) is 0 Å². The van der Waals surface area contributed by atoms with Gasteiger partial charge >= 0.3 is 11.9 Å². The first-order chi connectivity index (χ1) is 18.8. The summed E-state index contributed by atoms with van der Waals surface area (Å²) in [7, 11) is 0.